The van der Waals surface area contributed by atoms with Crippen molar-refractivity contribution in [1.29, 1.82) is 0 Å². The number of halogens is 1. The van der Waals surface area contributed by atoms with Gasteiger partial charge in [-0.1, -0.05) is 12.1 Å². The Bertz CT molecular complexity index is 1530. The molecule has 1 atom stereocenters. The Hall–Kier alpha value is -3.88. The van der Waals surface area contributed by atoms with Crippen LogP contribution in [0.1, 0.15) is 35.7 Å². The van der Waals surface area contributed by atoms with Gasteiger partial charge in [0.15, 0.2) is 11.6 Å². The minimum absolute atomic E-state index is 0.140. The maximum Gasteiger partial charge on any atom is 0.404 e. The monoisotopic (exact) mass is 489 g/mol. The topological polar surface area (TPSA) is 92.4 Å². The van der Waals surface area contributed by atoms with Crippen molar-refractivity contribution < 1.29 is 19.1 Å². The zero-order valence-electron chi connectivity index (χ0n) is 20.3. The first kappa shape index (κ1) is 22.6. The summed E-state index contributed by atoms with van der Waals surface area (Å²) in [5.74, 6) is 0.697. The number of nitrogens with zero attached hydrogens (tertiary/aromatic N) is 4. The molecule has 3 heterocycles. The fourth-order valence-corrected chi connectivity index (χ4v) is 5.42. The Kier molecular flexibility index (Phi) is 5.24. The van der Waals surface area contributed by atoms with Crippen molar-refractivity contribution in [2.24, 2.45) is 13.0 Å². The fourth-order valence-electron chi connectivity index (χ4n) is 5.42. The molecular formula is C27H28FN5O3. The van der Waals surface area contributed by atoms with Crippen molar-refractivity contribution in [1.82, 2.24) is 24.3 Å². The van der Waals surface area contributed by atoms with E-state index in [1.54, 1.807) is 17.9 Å². The van der Waals surface area contributed by atoms with Crippen molar-refractivity contribution in [3.63, 3.8) is 0 Å². The summed E-state index contributed by atoms with van der Waals surface area (Å²) in [6.45, 7) is 3.30. The molecule has 9 heteroatoms. The highest BCUT2D eigenvalue weighted by atomic mass is 19.1. The third kappa shape index (κ3) is 3.70. The standard InChI is InChI=1S/C27H28FN5O3/c1-15(29-27(35)36)13-32-10-9-17-11-22-20(12-19(17)26(32)34)30-25(31(22)2)24-23(28)18-5-3-4-6-21(18)33(24)14-16-7-8-16/h3-6,11-12,15-16,29H,7-10,13-14H2,1-2H3,(H,35,36). The lowest BCUT2D eigenvalue weighted by Crippen LogP contribution is -2.46. The molecule has 186 valence electrons. The van der Waals surface area contributed by atoms with Gasteiger partial charge in [0.05, 0.1) is 16.6 Å². The number of hydrogen-bond acceptors (Lipinski definition) is 3. The molecule has 2 N–H and O–H groups in total. The Morgan fingerprint density at radius 3 is 2.78 bits per heavy atom. The van der Waals surface area contributed by atoms with E-state index in [-0.39, 0.29) is 17.8 Å². The SMILES string of the molecule is CC(CN1CCc2cc3c(cc2C1=O)nc(-c1c(F)c2ccccc2n1CC1CC1)n3C)NC(=O)O. The van der Waals surface area contributed by atoms with Crippen LogP contribution >= 0.6 is 0 Å². The zero-order valence-corrected chi connectivity index (χ0v) is 20.3. The second kappa shape index (κ2) is 8.36. The molecule has 4 aromatic rings. The molecule has 0 spiro atoms. The number of para-hydroxylation sites is 1. The molecule has 6 rings (SSSR count). The van der Waals surface area contributed by atoms with Gasteiger partial charge >= 0.3 is 6.09 Å². The largest absolute Gasteiger partial charge is 0.465 e. The first-order valence-corrected chi connectivity index (χ1v) is 12.4. The number of carbonyl (C=O) groups excluding carboxylic acids is 1. The van der Waals surface area contributed by atoms with E-state index in [0.29, 0.717) is 53.4 Å². The summed E-state index contributed by atoms with van der Waals surface area (Å²) in [7, 11) is 1.89. The molecule has 2 aliphatic rings. The minimum Gasteiger partial charge on any atom is -0.465 e. The molecule has 8 nitrogen and oxygen atoms in total. The van der Waals surface area contributed by atoms with Gasteiger partial charge in [-0.3, -0.25) is 4.79 Å². The summed E-state index contributed by atoms with van der Waals surface area (Å²) in [6, 6.07) is 11.0. The number of fused-ring (bicyclic) bond motifs is 3. The Balaban J connectivity index is 1.42. The van der Waals surface area contributed by atoms with Crippen molar-refractivity contribution in [3.8, 4) is 11.5 Å². The smallest absolute Gasteiger partial charge is 0.404 e. The molecule has 2 aromatic carbocycles. The minimum atomic E-state index is -1.11. The molecule has 1 saturated carbocycles. The number of rotatable bonds is 6. The lowest BCUT2D eigenvalue weighted by atomic mass is 9.97. The first-order chi connectivity index (χ1) is 17.3. The van der Waals surface area contributed by atoms with Gasteiger partial charge in [-0.25, -0.2) is 14.2 Å². The Labute approximate surface area is 207 Å². The second-order valence-corrected chi connectivity index (χ2v) is 10.1. The van der Waals surface area contributed by atoms with Crippen molar-refractivity contribution in [2.45, 2.75) is 38.8 Å². The van der Waals surface area contributed by atoms with Crippen molar-refractivity contribution in [2.75, 3.05) is 13.1 Å². The summed E-state index contributed by atoms with van der Waals surface area (Å²) < 4.78 is 19.8. The lowest BCUT2D eigenvalue weighted by molar-refractivity contribution is 0.0723. The predicted molar refractivity (Wildman–Crippen MR) is 135 cm³/mol. The molecular weight excluding hydrogens is 461 g/mol. The highest BCUT2D eigenvalue weighted by molar-refractivity contribution is 6.00. The number of imidazole rings is 1. The highest BCUT2D eigenvalue weighted by Crippen LogP contribution is 2.38. The van der Waals surface area contributed by atoms with Crippen LogP contribution < -0.4 is 5.32 Å². The maximum absolute atomic E-state index is 15.8. The van der Waals surface area contributed by atoms with Crippen LogP contribution in [0.15, 0.2) is 36.4 Å². The van der Waals surface area contributed by atoms with Gasteiger partial charge < -0.3 is 24.5 Å². The number of hydrogen-bond donors (Lipinski definition) is 2. The van der Waals surface area contributed by atoms with Crippen LogP contribution in [-0.2, 0) is 20.0 Å². The van der Waals surface area contributed by atoms with E-state index in [4.69, 9.17) is 10.1 Å². The van der Waals surface area contributed by atoms with Crippen LogP contribution in [0, 0.1) is 11.7 Å². The van der Waals surface area contributed by atoms with E-state index in [2.05, 4.69) is 9.88 Å². The maximum atomic E-state index is 15.8. The van der Waals surface area contributed by atoms with Gasteiger partial charge in [0.25, 0.3) is 5.91 Å². The van der Waals surface area contributed by atoms with E-state index in [1.165, 1.54) is 0 Å². The Morgan fingerprint density at radius 1 is 1.25 bits per heavy atom. The number of carboxylic acid groups (broad SMARTS) is 1. The number of carbonyl (C=O) groups is 2. The summed E-state index contributed by atoms with van der Waals surface area (Å²) in [6.07, 6.45) is 1.86. The van der Waals surface area contributed by atoms with E-state index < -0.39 is 6.09 Å². The summed E-state index contributed by atoms with van der Waals surface area (Å²) in [5.41, 5.74) is 4.35. The van der Waals surface area contributed by atoms with Crippen LogP contribution in [0.3, 0.4) is 0 Å². The van der Waals surface area contributed by atoms with Gasteiger partial charge in [0, 0.05) is 43.7 Å². The number of amides is 2. The average Bonchev–Trinajstić information content (AvgIpc) is 3.56. The van der Waals surface area contributed by atoms with E-state index in [1.807, 2.05) is 41.9 Å². The van der Waals surface area contributed by atoms with Crippen LogP contribution in [-0.4, -0.2) is 55.3 Å². The van der Waals surface area contributed by atoms with Crippen LogP contribution in [0.4, 0.5) is 9.18 Å². The van der Waals surface area contributed by atoms with E-state index in [0.717, 1.165) is 36.0 Å². The molecule has 36 heavy (non-hydrogen) atoms. The lowest BCUT2D eigenvalue weighted by Gasteiger charge is -2.30. The molecule has 0 bridgehead atoms. The highest BCUT2D eigenvalue weighted by Gasteiger charge is 2.30. The second-order valence-electron chi connectivity index (χ2n) is 10.1. The third-order valence-electron chi connectivity index (χ3n) is 7.40. The van der Waals surface area contributed by atoms with E-state index >= 15 is 4.39 Å². The molecule has 0 saturated heterocycles. The van der Waals surface area contributed by atoms with Gasteiger partial charge in [-0.05, 0) is 61.9 Å². The molecule has 1 unspecified atom stereocenters. The zero-order chi connectivity index (χ0) is 25.1. The number of aromatic nitrogens is 3. The Morgan fingerprint density at radius 2 is 2.03 bits per heavy atom. The van der Waals surface area contributed by atoms with Gasteiger partial charge in [-0.15, -0.1) is 0 Å². The van der Waals surface area contributed by atoms with Crippen LogP contribution in [0.25, 0.3) is 33.5 Å². The fraction of sp³-hybridized carbons (Fsp3) is 0.370. The van der Waals surface area contributed by atoms with Gasteiger partial charge in [0.1, 0.15) is 5.69 Å². The molecule has 2 amide bonds. The predicted octanol–water partition coefficient (Wildman–Crippen LogP) is 4.40. The average molecular weight is 490 g/mol. The summed E-state index contributed by atoms with van der Waals surface area (Å²) in [4.78, 5) is 30.7. The number of aryl methyl sites for hydroxylation is 1. The number of nitrogens with one attached hydrogen (secondary N) is 1. The van der Waals surface area contributed by atoms with Crippen molar-refractivity contribution >= 4 is 33.9 Å². The number of benzene rings is 2. The van der Waals surface area contributed by atoms with Crippen LogP contribution in [0.2, 0.25) is 0 Å². The molecule has 1 aliphatic carbocycles. The van der Waals surface area contributed by atoms with Crippen molar-refractivity contribution in [3.05, 3.63) is 53.3 Å². The summed E-state index contributed by atoms with van der Waals surface area (Å²) >= 11 is 0. The molecule has 1 aliphatic heterocycles. The normalized spacial score (nSPS) is 16.5. The first-order valence-electron chi connectivity index (χ1n) is 12.4. The molecule has 0 radical (unpaired) electrons. The van der Waals surface area contributed by atoms with Gasteiger partial charge in [0.2, 0.25) is 0 Å². The summed E-state index contributed by atoms with van der Waals surface area (Å²) in [5, 5.41) is 12.0. The third-order valence-corrected chi connectivity index (χ3v) is 7.40. The molecule has 2 aromatic heterocycles. The van der Waals surface area contributed by atoms with E-state index in [9.17, 15) is 9.59 Å². The van der Waals surface area contributed by atoms with Gasteiger partial charge in [-0.2, -0.15) is 0 Å². The quantitative estimate of drug-likeness (QED) is 0.420. The van der Waals surface area contributed by atoms with Crippen LogP contribution in [0.5, 0.6) is 0 Å². The molecule has 1 fully saturated rings.